The first-order valence-electron chi connectivity index (χ1n) is 7.75. The van der Waals surface area contributed by atoms with Crippen molar-refractivity contribution >= 4 is 23.4 Å². The van der Waals surface area contributed by atoms with Crippen molar-refractivity contribution in [2.24, 2.45) is 11.7 Å². The number of hydrogen-bond donors (Lipinski definition) is 3. The molecule has 0 bridgehead atoms. The largest absolute Gasteiger partial charge is 0.348 e. The molecule has 0 fully saturated rings. The summed E-state index contributed by atoms with van der Waals surface area (Å²) < 4.78 is 0. The molecule has 1 rings (SSSR count). The van der Waals surface area contributed by atoms with Crippen LogP contribution in [-0.2, 0) is 4.79 Å². The molecule has 5 nitrogen and oxygen atoms in total. The molecule has 0 aliphatic heterocycles. The van der Waals surface area contributed by atoms with Crippen LogP contribution < -0.4 is 16.4 Å². The van der Waals surface area contributed by atoms with Crippen LogP contribution in [0, 0.1) is 5.92 Å². The molecule has 0 saturated carbocycles. The van der Waals surface area contributed by atoms with Crippen LogP contribution in [0.3, 0.4) is 0 Å². The van der Waals surface area contributed by atoms with Gasteiger partial charge >= 0.3 is 0 Å². The Hall–Kier alpha value is -1.59. The van der Waals surface area contributed by atoms with E-state index in [1.807, 2.05) is 6.92 Å². The van der Waals surface area contributed by atoms with E-state index in [9.17, 15) is 9.59 Å². The van der Waals surface area contributed by atoms with E-state index in [2.05, 4.69) is 24.5 Å². The Balaban J connectivity index is 2.65. The summed E-state index contributed by atoms with van der Waals surface area (Å²) in [5.74, 6) is -0.161. The molecule has 0 aromatic heterocycles. The Morgan fingerprint density at radius 2 is 1.78 bits per heavy atom. The molecule has 0 aliphatic rings. The predicted molar refractivity (Wildman–Crippen MR) is 93.4 cm³/mol. The summed E-state index contributed by atoms with van der Waals surface area (Å²) in [6.07, 6.45) is 0.771. The number of nitrogens with two attached hydrogens (primary N) is 1. The van der Waals surface area contributed by atoms with Crippen molar-refractivity contribution in [1.29, 1.82) is 0 Å². The van der Waals surface area contributed by atoms with E-state index in [1.165, 1.54) is 0 Å². The lowest BCUT2D eigenvalue weighted by Gasteiger charge is -2.32. The first-order valence-corrected chi connectivity index (χ1v) is 8.13. The van der Waals surface area contributed by atoms with Gasteiger partial charge in [-0.2, -0.15) is 0 Å². The third-order valence-electron chi connectivity index (χ3n) is 3.58. The van der Waals surface area contributed by atoms with Crippen molar-refractivity contribution in [3.63, 3.8) is 0 Å². The van der Waals surface area contributed by atoms with Crippen LogP contribution in [0.2, 0.25) is 5.02 Å². The highest BCUT2D eigenvalue weighted by molar-refractivity contribution is 6.30. The summed E-state index contributed by atoms with van der Waals surface area (Å²) in [5.41, 5.74) is 5.77. The molecule has 0 aliphatic carbocycles. The van der Waals surface area contributed by atoms with E-state index < -0.39 is 11.6 Å². The van der Waals surface area contributed by atoms with Crippen molar-refractivity contribution < 1.29 is 9.59 Å². The van der Waals surface area contributed by atoms with E-state index in [1.54, 1.807) is 31.2 Å². The zero-order chi connectivity index (χ0) is 17.6. The fraction of sp³-hybridized carbons (Fsp3) is 0.529. The summed E-state index contributed by atoms with van der Waals surface area (Å²) in [5, 5.41) is 6.18. The SMILES string of the molecule is CC(C)CC(C)(CN)NC(=O)C(C)NC(=O)c1ccc(Cl)cc1. The van der Waals surface area contributed by atoms with Crippen molar-refractivity contribution in [3.05, 3.63) is 34.9 Å². The molecule has 1 aromatic rings. The van der Waals surface area contributed by atoms with E-state index in [-0.39, 0.29) is 11.8 Å². The summed E-state index contributed by atoms with van der Waals surface area (Å²) in [6, 6.07) is 5.84. The van der Waals surface area contributed by atoms with Gasteiger partial charge in [-0.25, -0.2) is 0 Å². The first-order chi connectivity index (χ1) is 10.7. The standard InChI is InChI=1S/C17H26ClN3O2/c1-11(2)9-17(4,10-19)21-15(22)12(3)20-16(23)13-5-7-14(18)8-6-13/h5-8,11-12H,9-10,19H2,1-4H3,(H,20,23)(H,21,22). The summed E-state index contributed by atoms with van der Waals surface area (Å²) in [6.45, 7) is 8.06. The van der Waals surface area contributed by atoms with Gasteiger partial charge in [-0.15, -0.1) is 0 Å². The minimum Gasteiger partial charge on any atom is -0.348 e. The van der Waals surface area contributed by atoms with Gasteiger partial charge in [0.1, 0.15) is 6.04 Å². The number of benzene rings is 1. The lowest BCUT2D eigenvalue weighted by atomic mass is 9.90. The lowest BCUT2D eigenvalue weighted by Crippen LogP contribution is -2.57. The molecular formula is C17H26ClN3O2. The van der Waals surface area contributed by atoms with Gasteiger partial charge in [-0.05, 0) is 50.5 Å². The molecule has 1 aromatic carbocycles. The number of nitrogens with one attached hydrogen (secondary N) is 2. The normalized spacial score (nSPS) is 14.9. The molecule has 4 N–H and O–H groups in total. The van der Waals surface area contributed by atoms with Crippen molar-refractivity contribution in [3.8, 4) is 0 Å². The zero-order valence-electron chi connectivity index (χ0n) is 14.2. The molecular weight excluding hydrogens is 314 g/mol. The number of halogens is 1. The van der Waals surface area contributed by atoms with Gasteiger partial charge in [0.2, 0.25) is 5.91 Å². The topological polar surface area (TPSA) is 84.2 Å². The van der Waals surface area contributed by atoms with Gasteiger partial charge < -0.3 is 16.4 Å². The fourth-order valence-electron chi connectivity index (χ4n) is 2.44. The van der Waals surface area contributed by atoms with Gasteiger partial charge in [0, 0.05) is 22.7 Å². The first kappa shape index (κ1) is 19.5. The Bertz CT molecular complexity index is 545. The summed E-state index contributed by atoms with van der Waals surface area (Å²) in [4.78, 5) is 24.4. The Kier molecular flexibility index (Phi) is 7.03. The van der Waals surface area contributed by atoms with Gasteiger partial charge in [-0.1, -0.05) is 25.4 Å². The highest BCUT2D eigenvalue weighted by atomic mass is 35.5. The molecule has 0 spiro atoms. The zero-order valence-corrected chi connectivity index (χ0v) is 14.9. The van der Waals surface area contributed by atoms with Crippen LogP contribution in [0.15, 0.2) is 24.3 Å². The van der Waals surface area contributed by atoms with Gasteiger partial charge in [0.15, 0.2) is 0 Å². The van der Waals surface area contributed by atoms with Crippen LogP contribution in [0.5, 0.6) is 0 Å². The molecule has 6 heteroatoms. The Labute approximate surface area is 143 Å². The van der Waals surface area contributed by atoms with E-state index in [4.69, 9.17) is 17.3 Å². The molecule has 2 amide bonds. The van der Waals surface area contributed by atoms with Crippen LogP contribution in [0.25, 0.3) is 0 Å². The fourth-order valence-corrected chi connectivity index (χ4v) is 2.56. The maximum Gasteiger partial charge on any atom is 0.251 e. The minimum absolute atomic E-state index is 0.249. The molecule has 128 valence electrons. The second-order valence-electron chi connectivity index (χ2n) is 6.55. The number of hydrogen-bond acceptors (Lipinski definition) is 3. The van der Waals surface area contributed by atoms with E-state index in [0.29, 0.717) is 23.0 Å². The highest BCUT2D eigenvalue weighted by Crippen LogP contribution is 2.15. The summed E-state index contributed by atoms with van der Waals surface area (Å²) in [7, 11) is 0. The quantitative estimate of drug-likeness (QED) is 0.712. The molecule has 0 heterocycles. The maximum absolute atomic E-state index is 12.3. The second kappa shape index (κ2) is 8.31. The number of rotatable bonds is 7. The number of carbonyl (C=O) groups excluding carboxylic acids is 2. The van der Waals surface area contributed by atoms with Crippen molar-refractivity contribution in [2.75, 3.05) is 6.54 Å². The average Bonchev–Trinajstić information content (AvgIpc) is 2.46. The van der Waals surface area contributed by atoms with Crippen LogP contribution in [0.4, 0.5) is 0 Å². The van der Waals surface area contributed by atoms with Gasteiger partial charge in [0.05, 0.1) is 0 Å². The molecule has 2 unspecified atom stereocenters. The Morgan fingerprint density at radius 3 is 2.26 bits per heavy atom. The third kappa shape index (κ3) is 6.20. The van der Waals surface area contributed by atoms with Crippen LogP contribution in [0.1, 0.15) is 44.5 Å². The predicted octanol–water partition coefficient (Wildman–Crippen LogP) is 2.34. The average molecular weight is 340 g/mol. The second-order valence-corrected chi connectivity index (χ2v) is 6.99. The van der Waals surface area contributed by atoms with E-state index in [0.717, 1.165) is 6.42 Å². The minimum atomic E-state index is -0.656. The van der Waals surface area contributed by atoms with Crippen LogP contribution >= 0.6 is 11.6 Å². The number of amides is 2. The summed E-state index contributed by atoms with van der Waals surface area (Å²) >= 11 is 5.79. The molecule has 2 atom stereocenters. The highest BCUT2D eigenvalue weighted by Gasteiger charge is 2.28. The smallest absolute Gasteiger partial charge is 0.251 e. The molecule has 0 radical (unpaired) electrons. The number of carbonyl (C=O) groups is 2. The van der Waals surface area contributed by atoms with Crippen LogP contribution in [-0.4, -0.2) is 29.9 Å². The van der Waals surface area contributed by atoms with Gasteiger partial charge in [0.25, 0.3) is 5.91 Å². The van der Waals surface area contributed by atoms with Crippen molar-refractivity contribution in [1.82, 2.24) is 10.6 Å². The third-order valence-corrected chi connectivity index (χ3v) is 3.83. The van der Waals surface area contributed by atoms with E-state index >= 15 is 0 Å². The molecule has 0 saturated heterocycles. The monoisotopic (exact) mass is 339 g/mol. The Morgan fingerprint density at radius 1 is 1.22 bits per heavy atom. The lowest BCUT2D eigenvalue weighted by molar-refractivity contribution is -0.124. The van der Waals surface area contributed by atoms with Gasteiger partial charge in [-0.3, -0.25) is 9.59 Å². The molecule has 23 heavy (non-hydrogen) atoms. The maximum atomic E-state index is 12.3. The van der Waals surface area contributed by atoms with Crippen molar-refractivity contribution in [2.45, 2.75) is 45.7 Å².